The number of anilines is 2. The summed E-state index contributed by atoms with van der Waals surface area (Å²) in [5.74, 6) is -0.00481. The van der Waals surface area contributed by atoms with Gasteiger partial charge in [-0.3, -0.25) is 9.20 Å². The van der Waals surface area contributed by atoms with E-state index in [4.69, 9.17) is 0 Å². The zero-order chi connectivity index (χ0) is 21.7. The van der Waals surface area contributed by atoms with Crippen LogP contribution in [0.2, 0.25) is 0 Å². The van der Waals surface area contributed by atoms with E-state index in [0.29, 0.717) is 6.54 Å². The topological polar surface area (TPSA) is 71.3 Å². The van der Waals surface area contributed by atoms with Gasteiger partial charge in [-0.15, -0.1) is 11.3 Å². The quantitative estimate of drug-likeness (QED) is 0.394. The van der Waals surface area contributed by atoms with E-state index in [9.17, 15) is 4.79 Å². The first-order valence-corrected chi connectivity index (χ1v) is 11.2. The van der Waals surface area contributed by atoms with Crippen LogP contribution in [0.1, 0.15) is 20.9 Å². The number of nitrogens with one attached hydrogen (secondary N) is 2. The maximum atomic E-state index is 11.9. The fourth-order valence-corrected chi connectivity index (χ4v) is 4.74. The van der Waals surface area contributed by atoms with Gasteiger partial charge in [0, 0.05) is 41.1 Å². The molecule has 0 aliphatic carbocycles. The number of aromatic nitrogens is 3. The van der Waals surface area contributed by atoms with Gasteiger partial charge in [0.2, 0.25) is 0 Å². The fraction of sp³-hybridized carbons (Fsp3) is 0.0800. The Morgan fingerprint density at radius 3 is 2.72 bits per heavy atom. The summed E-state index contributed by atoms with van der Waals surface area (Å²) in [5, 5.41) is 9.51. The number of carbonyl (C=O) groups excluding carboxylic acids is 1. The van der Waals surface area contributed by atoms with Crippen LogP contribution in [0.4, 0.5) is 11.4 Å². The molecule has 5 aromatic rings. The Hall–Kier alpha value is -3.97. The number of imidazole rings is 1. The largest absolute Gasteiger partial charge is 0.352 e. The minimum absolute atomic E-state index is 0.00481. The van der Waals surface area contributed by atoms with Gasteiger partial charge in [0.05, 0.1) is 22.1 Å². The lowest BCUT2D eigenvalue weighted by atomic mass is 10.0. The molecule has 6 rings (SSSR count). The molecule has 2 N–H and O–H groups in total. The summed E-state index contributed by atoms with van der Waals surface area (Å²) >= 11 is 1.66. The number of hydrogen-bond donors (Lipinski definition) is 2. The molecule has 0 unspecified atom stereocenters. The number of pyridine rings is 1. The van der Waals surface area contributed by atoms with Crippen LogP contribution >= 0.6 is 11.3 Å². The zero-order valence-electron chi connectivity index (χ0n) is 17.3. The lowest BCUT2D eigenvalue weighted by Crippen LogP contribution is -2.12. The minimum Gasteiger partial charge on any atom is -0.352 e. The standard InChI is InChI=1S/C25H19N5OS/c1-15-28-22(14-32-15)16-2-5-19(6-3-16)29-21-8-9-23(30-11-10-26-24(21)30)17-4-7-20-18(12-17)13-27-25(20)31/h2-12,14,29H,13H2,1H3,(H,27,31). The second-order valence-corrected chi connectivity index (χ2v) is 8.82. The first kappa shape index (κ1) is 18.8. The van der Waals surface area contributed by atoms with Crippen molar-refractivity contribution in [3.05, 3.63) is 88.5 Å². The number of carbonyl (C=O) groups is 1. The van der Waals surface area contributed by atoms with E-state index < -0.39 is 0 Å². The van der Waals surface area contributed by atoms with Gasteiger partial charge < -0.3 is 10.6 Å². The number of amides is 1. The highest BCUT2D eigenvalue weighted by molar-refractivity contribution is 7.09. The van der Waals surface area contributed by atoms with E-state index in [2.05, 4.69) is 66.8 Å². The molecule has 0 bridgehead atoms. The van der Waals surface area contributed by atoms with E-state index in [0.717, 1.165) is 55.7 Å². The van der Waals surface area contributed by atoms with Crippen LogP contribution in [0.25, 0.3) is 28.2 Å². The van der Waals surface area contributed by atoms with Crippen molar-refractivity contribution in [3.8, 4) is 22.5 Å². The monoisotopic (exact) mass is 437 g/mol. The molecule has 0 fully saturated rings. The van der Waals surface area contributed by atoms with Crippen LogP contribution in [0, 0.1) is 6.92 Å². The molecule has 0 radical (unpaired) electrons. The van der Waals surface area contributed by atoms with E-state index >= 15 is 0 Å². The van der Waals surface area contributed by atoms with Crippen molar-refractivity contribution in [1.29, 1.82) is 0 Å². The highest BCUT2D eigenvalue weighted by Crippen LogP contribution is 2.30. The summed E-state index contributed by atoms with van der Waals surface area (Å²) in [6, 6.07) is 18.4. The van der Waals surface area contributed by atoms with Crippen LogP contribution in [-0.2, 0) is 6.54 Å². The van der Waals surface area contributed by atoms with Crippen molar-refractivity contribution in [2.45, 2.75) is 13.5 Å². The Balaban J connectivity index is 1.32. The van der Waals surface area contributed by atoms with Gasteiger partial charge in [-0.1, -0.05) is 18.2 Å². The molecule has 2 aromatic carbocycles. The highest BCUT2D eigenvalue weighted by atomic mass is 32.1. The molecule has 3 aromatic heterocycles. The first-order valence-electron chi connectivity index (χ1n) is 10.3. The molecular formula is C25H19N5OS. The van der Waals surface area contributed by atoms with Crippen LogP contribution in [-0.4, -0.2) is 20.3 Å². The molecule has 0 saturated carbocycles. The Labute approximate surface area is 188 Å². The molecule has 0 spiro atoms. The molecule has 1 aliphatic rings. The van der Waals surface area contributed by atoms with Crippen molar-refractivity contribution in [3.63, 3.8) is 0 Å². The Morgan fingerprint density at radius 1 is 1.06 bits per heavy atom. The van der Waals surface area contributed by atoms with Gasteiger partial charge in [0.25, 0.3) is 5.91 Å². The van der Waals surface area contributed by atoms with Crippen molar-refractivity contribution in [1.82, 2.24) is 19.7 Å². The number of fused-ring (bicyclic) bond motifs is 2. The number of rotatable bonds is 4. The molecule has 4 heterocycles. The maximum Gasteiger partial charge on any atom is 0.251 e. The molecule has 1 aliphatic heterocycles. The summed E-state index contributed by atoms with van der Waals surface area (Å²) in [6.07, 6.45) is 3.76. The number of nitrogens with zero attached hydrogens (tertiary/aromatic N) is 3. The highest BCUT2D eigenvalue weighted by Gasteiger charge is 2.19. The summed E-state index contributed by atoms with van der Waals surface area (Å²) in [6.45, 7) is 2.59. The van der Waals surface area contributed by atoms with E-state index in [1.807, 2.05) is 31.3 Å². The number of benzene rings is 2. The molecule has 32 heavy (non-hydrogen) atoms. The summed E-state index contributed by atoms with van der Waals surface area (Å²) in [5.41, 5.74) is 8.72. The predicted octanol–water partition coefficient (Wildman–Crippen LogP) is 5.42. The molecule has 7 heteroatoms. The normalized spacial score (nSPS) is 12.7. The van der Waals surface area contributed by atoms with Crippen LogP contribution in [0.15, 0.2) is 72.4 Å². The predicted molar refractivity (Wildman–Crippen MR) is 127 cm³/mol. The van der Waals surface area contributed by atoms with E-state index in [-0.39, 0.29) is 5.91 Å². The zero-order valence-corrected chi connectivity index (χ0v) is 18.1. The molecule has 1 amide bonds. The van der Waals surface area contributed by atoms with Crippen LogP contribution in [0.3, 0.4) is 0 Å². The molecule has 156 valence electrons. The fourth-order valence-electron chi connectivity index (χ4n) is 4.11. The third kappa shape index (κ3) is 3.14. The number of aryl methyl sites for hydroxylation is 1. The Morgan fingerprint density at radius 2 is 1.91 bits per heavy atom. The lowest BCUT2D eigenvalue weighted by Gasteiger charge is -2.12. The van der Waals surface area contributed by atoms with Crippen molar-refractivity contribution >= 4 is 34.3 Å². The van der Waals surface area contributed by atoms with Crippen molar-refractivity contribution in [2.24, 2.45) is 0 Å². The molecule has 6 nitrogen and oxygen atoms in total. The Kier molecular flexibility index (Phi) is 4.29. The Bertz CT molecular complexity index is 1480. The minimum atomic E-state index is -0.00481. The third-order valence-corrected chi connectivity index (χ3v) is 6.49. The second kappa shape index (κ2) is 7.32. The average molecular weight is 438 g/mol. The van der Waals surface area contributed by atoms with Crippen molar-refractivity contribution < 1.29 is 4.79 Å². The maximum absolute atomic E-state index is 11.9. The SMILES string of the molecule is Cc1nc(-c2ccc(Nc3ccc(-c4ccc5c(c4)CNC5=O)n4ccnc34)cc2)cs1. The van der Waals surface area contributed by atoms with Crippen LogP contribution in [0.5, 0.6) is 0 Å². The van der Waals surface area contributed by atoms with Crippen LogP contribution < -0.4 is 10.6 Å². The molecule has 0 atom stereocenters. The smallest absolute Gasteiger partial charge is 0.251 e. The van der Waals surface area contributed by atoms with Gasteiger partial charge >= 0.3 is 0 Å². The molecular weight excluding hydrogens is 418 g/mol. The second-order valence-electron chi connectivity index (χ2n) is 7.76. The number of thiazole rings is 1. The first-order chi connectivity index (χ1) is 15.7. The molecule has 0 saturated heterocycles. The van der Waals surface area contributed by atoms with Crippen molar-refractivity contribution in [2.75, 3.05) is 5.32 Å². The summed E-state index contributed by atoms with van der Waals surface area (Å²) < 4.78 is 2.07. The van der Waals surface area contributed by atoms with Gasteiger partial charge in [-0.05, 0) is 54.4 Å². The van der Waals surface area contributed by atoms with Gasteiger partial charge in [0.1, 0.15) is 0 Å². The van der Waals surface area contributed by atoms with Gasteiger partial charge in [0.15, 0.2) is 5.65 Å². The van der Waals surface area contributed by atoms with Gasteiger partial charge in [-0.2, -0.15) is 0 Å². The van der Waals surface area contributed by atoms with Gasteiger partial charge in [-0.25, -0.2) is 9.97 Å². The average Bonchev–Trinajstić information content (AvgIpc) is 3.55. The van der Waals surface area contributed by atoms with E-state index in [1.165, 1.54) is 0 Å². The third-order valence-electron chi connectivity index (χ3n) is 5.71. The lowest BCUT2D eigenvalue weighted by molar-refractivity contribution is 0.0966. The van der Waals surface area contributed by atoms with E-state index in [1.54, 1.807) is 17.5 Å². The summed E-state index contributed by atoms with van der Waals surface area (Å²) in [4.78, 5) is 21.0. The summed E-state index contributed by atoms with van der Waals surface area (Å²) in [7, 11) is 0. The number of hydrogen-bond acceptors (Lipinski definition) is 5.